The standard InChI is InChI=1S/C17H18N4O3/c1-4-24-17(22)12-9-19-21(16(12)18)14-8-10(2)11-6-5-7-13(23-3)15(11)20-14/h5-9H,4,18H2,1-3H3. The van der Waals surface area contributed by atoms with Crippen molar-refractivity contribution in [3.8, 4) is 11.6 Å². The molecule has 0 bridgehead atoms. The maximum absolute atomic E-state index is 11.9. The van der Waals surface area contributed by atoms with E-state index in [4.69, 9.17) is 15.2 Å². The second-order valence-electron chi connectivity index (χ2n) is 5.23. The lowest BCUT2D eigenvalue weighted by Gasteiger charge is -2.10. The molecule has 0 spiro atoms. The van der Waals surface area contributed by atoms with Gasteiger partial charge in [0.1, 0.15) is 22.6 Å². The molecule has 0 atom stereocenters. The second-order valence-corrected chi connectivity index (χ2v) is 5.23. The van der Waals surface area contributed by atoms with Gasteiger partial charge >= 0.3 is 5.97 Å². The molecule has 2 heterocycles. The number of pyridine rings is 1. The first-order valence-corrected chi connectivity index (χ1v) is 7.52. The van der Waals surface area contributed by atoms with Crippen LogP contribution in [-0.2, 0) is 4.74 Å². The molecule has 3 rings (SSSR count). The van der Waals surface area contributed by atoms with Gasteiger partial charge in [-0.3, -0.25) is 0 Å². The molecule has 2 aromatic heterocycles. The maximum Gasteiger partial charge on any atom is 0.343 e. The van der Waals surface area contributed by atoms with Crippen LogP contribution in [0.25, 0.3) is 16.7 Å². The number of esters is 1. The minimum atomic E-state index is -0.503. The molecule has 0 amide bonds. The molecule has 0 saturated heterocycles. The van der Waals surface area contributed by atoms with Crippen LogP contribution in [0, 0.1) is 6.92 Å². The number of aryl methyl sites for hydroxylation is 1. The lowest BCUT2D eigenvalue weighted by Crippen LogP contribution is -2.10. The zero-order chi connectivity index (χ0) is 17.3. The number of rotatable bonds is 4. The lowest BCUT2D eigenvalue weighted by molar-refractivity contribution is 0.0527. The van der Waals surface area contributed by atoms with Crippen molar-refractivity contribution in [2.45, 2.75) is 13.8 Å². The number of ether oxygens (including phenoxy) is 2. The Balaban J connectivity index is 2.15. The van der Waals surface area contributed by atoms with E-state index in [0.29, 0.717) is 17.1 Å². The topological polar surface area (TPSA) is 92.3 Å². The third kappa shape index (κ3) is 2.54. The summed E-state index contributed by atoms with van der Waals surface area (Å²) in [4.78, 5) is 16.5. The Morgan fingerprint density at radius 3 is 2.88 bits per heavy atom. The molecular weight excluding hydrogens is 308 g/mol. The smallest absolute Gasteiger partial charge is 0.343 e. The second kappa shape index (κ2) is 6.19. The number of aromatic nitrogens is 3. The molecule has 0 aliphatic carbocycles. The molecule has 124 valence electrons. The van der Waals surface area contributed by atoms with E-state index in [1.54, 1.807) is 14.0 Å². The number of para-hydroxylation sites is 1. The van der Waals surface area contributed by atoms with Gasteiger partial charge in [-0.2, -0.15) is 9.78 Å². The minimum Gasteiger partial charge on any atom is -0.494 e. The van der Waals surface area contributed by atoms with Gasteiger partial charge in [-0.25, -0.2) is 9.78 Å². The van der Waals surface area contributed by atoms with E-state index in [2.05, 4.69) is 10.1 Å². The Morgan fingerprint density at radius 1 is 1.38 bits per heavy atom. The van der Waals surface area contributed by atoms with Crippen LogP contribution in [-0.4, -0.2) is 34.5 Å². The quantitative estimate of drug-likeness (QED) is 0.741. The molecule has 0 fully saturated rings. The van der Waals surface area contributed by atoms with Crippen molar-refractivity contribution in [2.75, 3.05) is 19.5 Å². The number of carbonyl (C=O) groups is 1. The van der Waals surface area contributed by atoms with Crippen LogP contribution < -0.4 is 10.5 Å². The van der Waals surface area contributed by atoms with E-state index in [0.717, 1.165) is 10.9 Å². The molecule has 1 aromatic carbocycles. The monoisotopic (exact) mass is 326 g/mol. The summed E-state index contributed by atoms with van der Waals surface area (Å²) in [5.74, 6) is 0.859. The highest BCUT2D eigenvalue weighted by Crippen LogP contribution is 2.28. The number of hydrogen-bond donors (Lipinski definition) is 1. The number of nitrogens with two attached hydrogens (primary N) is 1. The first-order chi connectivity index (χ1) is 11.6. The Hall–Kier alpha value is -3.09. The van der Waals surface area contributed by atoms with Crippen LogP contribution in [0.5, 0.6) is 5.75 Å². The van der Waals surface area contributed by atoms with Crippen LogP contribution in [0.15, 0.2) is 30.5 Å². The molecule has 7 heteroatoms. The third-order valence-corrected chi connectivity index (χ3v) is 3.73. The number of nitrogens with zero attached hydrogens (tertiary/aromatic N) is 3. The van der Waals surface area contributed by atoms with E-state index >= 15 is 0 Å². The maximum atomic E-state index is 11.9. The van der Waals surface area contributed by atoms with Gasteiger partial charge in [0.05, 0.1) is 19.9 Å². The van der Waals surface area contributed by atoms with Gasteiger partial charge in [0, 0.05) is 5.39 Å². The van der Waals surface area contributed by atoms with E-state index < -0.39 is 5.97 Å². The molecule has 0 aliphatic rings. The highest BCUT2D eigenvalue weighted by molar-refractivity contribution is 5.94. The highest BCUT2D eigenvalue weighted by atomic mass is 16.5. The van der Waals surface area contributed by atoms with E-state index in [-0.39, 0.29) is 18.0 Å². The summed E-state index contributed by atoms with van der Waals surface area (Å²) in [5, 5.41) is 5.16. The molecule has 0 aliphatic heterocycles. The zero-order valence-corrected chi connectivity index (χ0v) is 13.7. The number of hydrogen-bond acceptors (Lipinski definition) is 6. The predicted molar refractivity (Wildman–Crippen MR) is 90.5 cm³/mol. The van der Waals surface area contributed by atoms with Crippen molar-refractivity contribution in [3.05, 3.63) is 41.6 Å². The average Bonchev–Trinajstić information content (AvgIpc) is 2.96. The van der Waals surface area contributed by atoms with E-state index in [9.17, 15) is 4.79 Å². The van der Waals surface area contributed by atoms with Gasteiger partial charge in [-0.15, -0.1) is 0 Å². The molecule has 0 unspecified atom stereocenters. The van der Waals surface area contributed by atoms with Crippen LogP contribution in [0.2, 0.25) is 0 Å². The zero-order valence-electron chi connectivity index (χ0n) is 13.7. The van der Waals surface area contributed by atoms with Gasteiger partial charge in [0.15, 0.2) is 5.82 Å². The third-order valence-electron chi connectivity index (χ3n) is 3.73. The summed E-state index contributed by atoms with van der Waals surface area (Å²) in [6.07, 6.45) is 1.39. The summed E-state index contributed by atoms with van der Waals surface area (Å²) in [7, 11) is 1.60. The van der Waals surface area contributed by atoms with Crippen molar-refractivity contribution >= 4 is 22.7 Å². The van der Waals surface area contributed by atoms with Crippen LogP contribution in [0.1, 0.15) is 22.8 Å². The Kier molecular flexibility index (Phi) is 4.07. The van der Waals surface area contributed by atoms with Crippen molar-refractivity contribution in [1.29, 1.82) is 0 Å². The molecule has 3 aromatic rings. The number of methoxy groups -OCH3 is 1. The highest BCUT2D eigenvalue weighted by Gasteiger charge is 2.18. The number of fused-ring (bicyclic) bond motifs is 1. The van der Waals surface area contributed by atoms with E-state index in [1.165, 1.54) is 10.9 Å². The summed E-state index contributed by atoms with van der Waals surface area (Å²) in [6, 6.07) is 7.59. The Morgan fingerprint density at radius 2 is 2.17 bits per heavy atom. The van der Waals surface area contributed by atoms with Crippen LogP contribution >= 0.6 is 0 Å². The fraction of sp³-hybridized carbons (Fsp3) is 0.235. The van der Waals surface area contributed by atoms with Gasteiger partial charge in [-0.1, -0.05) is 12.1 Å². The summed E-state index contributed by atoms with van der Waals surface area (Å²) in [6.45, 7) is 3.98. The van der Waals surface area contributed by atoms with Crippen molar-refractivity contribution in [1.82, 2.24) is 14.8 Å². The lowest BCUT2D eigenvalue weighted by atomic mass is 10.1. The minimum absolute atomic E-state index is 0.189. The van der Waals surface area contributed by atoms with E-state index in [1.807, 2.05) is 31.2 Å². The summed E-state index contributed by atoms with van der Waals surface area (Å²) >= 11 is 0. The molecule has 0 radical (unpaired) electrons. The van der Waals surface area contributed by atoms with Gasteiger partial charge in [0.25, 0.3) is 0 Å². The Bertz CT molecular complexity index is 918. The molecule has 24 heavy (non-hydrogen) atoms. The summed E-state index contributed by atoms with van der Waals surface area (Å²) < 4.78 is 11.8. The van der Waals surface area contributed by atoms with Crippen molar-refractivity contribution in [2.24, 2.45) is 0 Å². The number of benzene rings is 1. The fourth-order valence-corrected chi connectivity index (χ4v) is 2.55. The van der Waals surface area contributed by atoms with Crippen molar-refractivity contribution in [3.63, 3.8) is 0 Å². The number of carbonyl (C=O) groups excluding carboxylic acids is 1. The van der Waals surface area contributed by atoms with Gasteiger partial charge < -0.3 is 15.2 Å². The van der Waals surface area contributed by atoms with Crippen LogP contribution in [0.3, 0.4) is 0 Å². The first-order valence-electron chi connectivity index (χ1n) is 7.52. The first kappa shape index (κ1) is 15.8. The number of anilines is 1. The summed E-state index contributed by atoms with van der Waals surface area (Å²) in [5.41, 5.74) is 7.99. The SMILES string of the molecule is CCOC(=O)c1cnn(-c2cc(C)c3cccc(OC)c3n2)c1N. The molecule has 2 N–H and O–H groups in total. The molecule has 0 saturated carbocycles. The van der Waals surface area contributed by atoms with Gasteiger partial charge in [0.2, 0.25) is 0 Å². The molecule has 7 nitrogen and oxygen atoms in total. The van der Waals surface area contributed by atoms with Crippen LogP contribution in [0.4, 0.5) is 5.82 Å². The normalized spacial score (nSPS) is 10.8. The largest absolute Gasteiger partial charge is 0.494 e. The van der Waals surface area contributed by atoms with Crippen molar-refractivity contribution < 1.29 is 14.3 Å². The molecular formula is C17H18N4O3. The average molecular weight is 326 g/mol. The Labute approximate surface area is 139 Å². The predicted octanol–water partition coefficient (Wildman–Crippen LogP) is 2.50. The number of nitrogen functional groups attached to an aromatic ring is 1. The van der Waals surface area contributed by atoms with Gasteiger partial charge in [-0.05, 0) is 31.5 Å². The fourth-order valence-electron chi connectivity index (χ4n) is 2.55.